The Morgan fingerprint density at radius 1 is 1.43 bits per heavy atom. The highest BCUT2D eigenvalue weighted by Crippen LogP contribution is 2.55. The molecule has 3 aliphatic rings. The Hall–Kier alpha value is -1.06. The van der Waals surface area contributed by atoms with Gasteiger partial charge in [-0.25, -0.2) is 0 Å². The third-order valence-corrected chi connectivity index (χ3v) is 4.08. The summed E-state index contributed by atoms with van der Waals surface area (Å²) in [6, 6.07) is 0. The highest BCUT2D eigenvalue weighted by molar-refractivity contribution is 5.79. The maximum absolute atomic E-state index is 11.4. The quantitative estimate of drug-likeness (QED) is 0.626. The summed E-state index contributed by atoms with van der Waals surface area (Å²) in [5.41, 5.74) is 0. The maximum Gasteiger partial charge on any atom is 0.309 e. The molecule has 5 atom stereocenters. The molecular weight excluding hydrogens is 184 g/mol. The second-order valence-electron chi connectivity index (χ2n) is 4.58. The first-order chi connectivity index (χ1) is 6.68. The molecule has 0 aromatic heterocycles. The molecule has 1 N–H and O–H groups in total. The van der Waals surface area contributed by atoms with Crippen LogP contribution in [0.3, 0.4) is 0 Å². The second-order valence-corrected chi connectivity index (χ2v) is 4.58. The number of rotatable bonds is 1. The Balaban J connectivity index is 1.94. The van der Waals surface area contributed by atoms with Crippen LogP contribution in [0.5, 0.6) is 0 Å². The standard InChI is InChI=1S/C10H12O4/c11-9(12)5-3-6-8-4(5)1-2-7(8)14-10(6)13/h4-8H,1-3H2,(H,11,12)/t4-,5+,6-,7+,8+/m1/s1. The predicted molar refractivity (Wildman–Crippen MR) is 45.3 cm³/mol. The van der Waals surface area contributed by atoms with Crippen molar-refractivity contribution < 1.29 is 19.4 Å². The Bertz CT molecular complexity index is 311. The van der Waals surface area contributed by atoms with Crippen LogP contribution >= 0.6 is 0 Å². The van der Waals surface area contributed by atoms with Crippen molar-refractivity contribution in [3.63, 3.8) is 0 Å². The van der Waals surface area contributed by atoms with E-state index in [9.17, 15) is 9.59 Å². The van der Waals surface area contributed by atoms with E-state index in [4.69, 9.17) is 9.84 Å². The molecule has 3 fully saturated rings. The average molecular weight is 196 g/mol. The first kappa shape index (κ1) is 8.26. The Morgan fingerprint density at radius 2 is 2.21 bits per heavy atom. The zero-order valence-electron chi connectivity index (χ0n) is 7.68. The molecule has 4 nitrogen and oxygen atoms in total. The number of carboxylic acids is 1. The highest BCUT2D eigenvalue weighted by Gasteiger charge is 2.60. The van der Waals surface area contributed by atoms with Gasteiger partial charge in [0.25, 0.3) is 0 Å². The largest absolute Gasteiger partial charge is 0.481 e. The minimum Gasteiger partial charge on any atom is -0.481 e. The molecule has 4 heteroatoms. The predicted octanol–water partition coefficient (Wildman–Crippen LogP) is 0.659. The summed E-state index contributed by atoms with van der Waals surface area (Å²) in [5.74, 6) is -0.916. The van der Waals surface area contributed by atoms with Gasteiger partial charge in [0.2, 0.25) is 0 Å². The van der Waals surface area contributed by atoms with Crippen molar-refractivity contribution in [2.45, 2.75) is 25.4 Å². The molecule has 1 saturated heterocycles. The number of carbonyl (C=O) groups is 2. The van der Waals surface area contributed by atoms with Crippen molar-refractivity contribution in [1.82, 2.24) is 0 Å². The molecule has 0 aromatic carbocycles. The van der Waals surface area contributed by atoms with Gasteiger partial charge >= 0.3 is 11.9 Å². The van der Waals surface area contributed by atoms with Crippen LogP contribution in [0.4, 0.5) is 0 Å². The van der Waals surface area contributed by atoms with E-state index >= 15 is 0 Å². The van der Waals surface area contributed by atoms with Crippen molar-refractivity contribution in [3.8, 4) is 0 Å². The van der Waals surface area contributed by atoms with Crippen LogP contribution in [0.25, 0.3) is 0 Å². The number of esters is 1. The van der Waals surface area contributed by atoms with E-state index in [1.54, 1.807) is 0 Å². The summed E-state index contributed by atoms with van der Waals surface area (Å²) in [6.45, 7) is 0. The van der Waals surface area contributed by atoms with Crippen LogP contribution < -0.4 is 0 Å². The summed E-state index contributed by atoms with van der Waals surface area (Å²) >= 11 is 0. The van der Waals surface area contributed by atoms with Gasteiger partial charge in [-0.1, -0.05) is 0 Å². The summed E-state index contributed by atoms with van der Waals surface area (Å²) < 4.78 is 5.22. The third-order valence-electron chi connectivity index (χ3n) is 4.08. The smallest absolute Gasteiger partial charge is 0.309 e. The van der Waals surface area contributed by atoms with Gasteiger partial charge in [-0.2, -0.15) is 0 Å². The first-order valence-corrected chi connectivity index (χ1v) is 5.12. The molecule has 0 aromatic rings. The van der Waals surface area contributed by atoms with E-state index < -0.39 is 5.97 Å². The SMILES string of the molecule is O=C(O)[C@H]1C[C@H]2C(=O)O[C@H]3CC[C@H]1[C@H]32. The normalized spacial score (nSPS) is 49.1. The average Bonchev–Trinajstić information content (AvgIpc) is 2.69. The van der Waals surface area contributed by atoms with E-state index in [2.05, 4.69) is 0 Å². The van der Waals surface area contributed by atoms with Crippen LogP contribution in [0.1, 0.15) is 19.3 Å². The van der Waals surface area contributed by atoms with Crippen LogP contribution in [-0.4, -0.2) is 23.1 Å². The molecule has 0 spiro atoms. The molecule has 0 bridgehead atoms. The molecule has 1 aliphatic heterocycles. The topological polar surface area (TPSA) is 63.6 Å². The van der Waals surface area contributed by atoms with Gasteiger partial charge in [0.05, 0.1) is 11.8 Å². The molecule has 2 saturated carbocycles. The van der Waals surface area contributed by atoms with Crippen molar-refractivity contribution in [1.29, 1.82) is 0 Å². The molecule has 14 heavy (non-hydrogen) atoms. The molecule has 2 aliphatic carbocycles. The summed E-state index contributed by atoms with van der Waals surface area (Å²) in [6.07, 6.45) is 2.30. The lowest BCUT2D eigenvalue weighted by molar-refractivity contribution is -0.146. The molecule has 0 amide bonds. The van der Waals surface area contributed by atoms with Crippen LogP contribution in [-0.2, 0) is 14.3 Å². The molecule has 0 unspecified atom stereocenters. The van der Waals surface area contributed by atoms with Crippen molar-refractivity contribution in [3.05, 3.63) is 0 Å². The summed E-state index contributed by atoms with van der Waals surface area (Å²) in [5, 5.41) is 9.02. The monoisotopic (exact) mass is 196 g/mol. The van der Waals surface area contributed by atoms with Crippen molar-refractivity contribution in [2.24, 2.45) is 23.7 Å². The van der Waals surface area contributed by atoms with E-state index in [0.717, 1.165) is 12.8 Å². The molecule has 1 heterocycles. The van der Waals surface area contributed by atoms with Crippen molar-refractivity contribution >= 4 is 11.9 Å². The number of carboxylic acid groups (broad SMARTS) is 1. The minimum atomic E-state index is -0.738. The minimum absolute atomic E-state index is 0.0295. The summed E-state index contributed by atoms with van der Waals surface area (Å²) in [4.78, 5) is 22.4. The number of aliphatic carboxylic acids is 1. The van der Waals surface area contributed by atoms with Gasteiger partial charge in [0.15, 0.2) is 0 Å². The number of carbonyl (C=O) groups excluding carboxylic acids is 1. The van der Waals surface area contributed by atoms with Crippen LogP contribution in [0.15, 0.2) is 0 Å². The van der Waals surface area contributed by atoms with Gasteiger partial charge < -0.3 is 9.84 Å². The van der Waals surface area contributed by atoms with Gasteiger partial charge in [-0.05, 0) is 25.2 Å². The van der Waals surface area contributed by atoms with E-state index in [1.165, 1.54) is 0 Å². The van der Waals surface area contributed by atoms with E-state index in [-0.39, 0.29) is 35.7 Å². The second kappa shape index (κ2) is 2.49. The van der Waals surface area contributed by atoms with Gasteiger partial charge in [0.1, 0.15) is 6.10 Å². The van der Waals surface area contributed by atoms with Gasteiger partial charge in [-0.15, -0.1) is 0 Å². The van der Waals surface area contributed by atoms with E-state index in [0.29, 0.717) is 6.42 Å². The van der Waals surface area contributed by atoms with Gasteiger partial charge in [0, 0.05) is 5.92 Å². The molecule has 76 valence electrons. The highest BCUT2D eigenvalue weighted by atomic mass is 16.6. The lowest BCUT2D eigenvalue weighted by Gasteiger charge is -2.13. The fraction of sp³-hybridized carbons (Fsp3) is 0.800. The number of hydrogen-bond acceptors (Lipinski definition) is 3. The van der Waals surface area contributed by atoms with Gasteiger partial charge in [-0.3, -0.25) is 9.59 Å². The van der Waals surface area contributed by atoms with Crippen molar-refractivity contribution in [2.75, 3.05) is 0 Å². The van der Waals surface area contributed by atoms with E-state index in [1.807, 2.05) is 0 Å². The molecule has 0 radical (unpaired) electrons. The van der Waals surface area contributed by atoms with Crippen LogP contribution in [0, 0.1) is 23.7 Å². The number of hydrogen-bond donors (Lipinski definition) is 1. The lowest BCUT2D eigenvalue weighted by atomic mass is 9.91. The lowest BCUT2D eigenvalue weighted by Crippen LogP contribution is -2.20. The maximum atomic E-state index is 11.4. The third kappa shape index (κ3) is 0.837. The molecule has 3 rings (SSSR count). The fourth-order valence-electron chi connectivity index (χ4n) is 3.56. The first-order valence-electron chi connectivity index (χ1n) is 5.12. The zero-order chi connectivity index (χ0) is 9.87. The summed E-state index contributed by atoms with van der Waals surface area (Å²) in [7, 11) is 0. The van der Waals surface area contributed by atoms with Crippen LogP contribution in [0.2, 0.25) is 0 Å². The Labute approximate surface area is 81.2 Å². The zero-order valence-corrected chi connectivity index (χ0v) is 7.68. The number of ether oxygens (including phenoxy) is 1. The Morgan fingerprint density at radius 3 is 2.93 bits per heavy atom. The Kier molecular flexibility index (Phi) is 1.47. The fourth-order valence-corrected chi connectivity index (χ4v) is 3.56. The molecular formula is C10H12O4.